The fourth-order valence-corrected chi connectivity index (χ4v) is 2.14. The van der Waals surface area contributed by atoms with E-state index in [-0.39, 0.29) is 5.91 Å². The van der Waals surface area contributed by atoms with Gasteiger partial charge in [0.25, 0.3) is 10.1 Å². The number of anilines is 1. The van der Waals surface area contributed by atoms with Crippen LogP contribution in [-0.2, 0) is 27.9 Å². The molecule has 1 aliphatic heterocycles. The second-order valence-electron chi connectivity index (χ2n) is 5.22. The quantitative estimate of drug-likeness (QED) is 0.685. The van der Waals surface area contributed by atoms with Gasteiger partial charge in [-0.25, -0.2) is 9.97 Å². The lowest BCUT2D eigenvalue weighted by molar-refractivity contribution is -0.116. The van der Waals surface area contributed by atoms with Gasteiger partial charge in [-0.05, 0) is 18.6 Å². The Kier molecular flexibility index (Phi) is 6.02. The number of nitrogens with zero attached hydrogens (tertiary/aromatic N) is 2. The van der Waals surface area contributed by atoms with Crippen LogP contribution in [0.1, 0.15) is 17.7 Å². The van der Waals surface area contributed by atoms with Gasteiger partial charge in [-0.2, -0.15) is 8.42 Å². The van der Waals surface area contributed by atoms with Gasteiger partial charge in [0, 0.05) is 30.3 Å². The minimum atomic E-state index is -3.67. The predicted molar refractivity (Wildman–Crippen MR) is 90.9 cm³/mol. The van der Waals surface area contributed by atoms with Crippen molar-refractivity contribution in [3.8, 4) is 11.6 Å². The summed E-state index contributed by atoms with van der Waals surface area (Å²) in [7, 11) is -3.67. The molecule has 0 aliphatic carbocycles. The van der Waals surface area contributed by atoms with Crippen LogP contribution in [-0.4, -0.2) is 35.1 Å². The number of nitrogens with one attached hydrogen (secondary N) is 1. The highest BCUT2D eigenvalue weighted by Crippen LogP contribution is 2.33. The Morgan fingerprint density at radius 3 is 2.72 bits per heavy atom. The number of amides is 1. The fraction of sp³-hybridized carbons (Fsp3) is 0.267. The molecule has 1 amide bonds. The van der Waals surface area contributed by atoms with Gasteiger partial charge in [-0.15, -0.1) is 0 Å². The highest BCUT2D eigenvalue weighted by Gasteiger charge is 2.18. The molecule has 2 heterocycles. The maximum absolute atomic E-state index is 11.4. The third-order valence-electron chi connectivity index (χ3n) is 3.13. The average Bonchev–Trinajstić information content (AvgIpc) is 2.53. The number of aromatic nitrogens is 2. The maximum atomic E-state index is 11.4. The highest BCUT2D eigenvalue weighted by atomic mass is 32.2. The smallest absolute Gasteiger partial charge is 0.261 e. The zero-order valence-corrected chi connectivity index (χ0v) is 14.3. The Morgan fingerprint density at radius 2 is 2.04 bits per heavy atom. The Bertz CT molecular complexity index is 862. The largest absolute Gasteiger partial charge is 0.439 e. The molecule has 3 rings (SSSR count). The summed E-state index contributed by atoms with van der Waals surface area (Å²) in [5, 5.41) is 2.84. The maximum Gasteiger partial charge on any atom is 0.261 e. The molecule has 0 atom stereocenters. The van der Waals surface area contributed by atoms with Gasteiger partial charge >= 0.3 is 0 Å². The first-order chi connectivity index (χ1) is 11.8. The lowest BCUT2D eigenvalue weighted by Gasteiger charge is -2.19. The topological polar surface area (TPSA) is 144 Å². The van der Waals surface area contributed by atoms with Crippen molar-refractivity contribution in [1.29, 1.82) is 0 Å². The first-order valence-electron chi connectivity index (χ1n) is 7.29. The zero-order valence-electron chi connectivity index (χ0n) is 13.5. The molecule has 2 aromatic rings. The van der Waals surface area contributed by atoms with Crippen molar-refractivity contribution >= 4 is 21.7 Å². The molecule has 0 radical (unpaired) electrons. The zero-order chi connectivity index (χ0) is 18.4. The molecule has 9 nitrogen and oxygen atoms in total. The van der Waals surface area contributed by atoms with Crippen LogP contribution < -0.4 is 15.8 Å². The Hall–Kier alpha value is -2.56. The van der Waals surface area contributed by atoms with Gasteiger partial charge in [-0.1, -0.05) is 6.07 Å². The Labute approximate surface area is 145 Å². The van der Waals surface area contributed by atoms with Crippen LogP contribution in [0.5, 0.6) is 11.6 Å². The number of carbonyl (C=O) groups excluding carboxylic acids is 1. The summed E-state index contributed by atoms with van der Waals surface area (Å²) in [6, 6.07) is 7.27. The van der Waals surface area contributed by atoms with Crippen LogP contribution in [0.25, 0.3) is 0 Å². The van der Waals surface area contributed by atoms with Gasteiger partial charge in [-0.3, -0.25) is 9.35 Å². The number of hydrogen-bond donors (Lipinski definition) is 3. The second kappa shape index (κ2) is 8.01. The van der Waals surface area contributed by atoms with Gasteiger partial charge in [0.05, 0.1) is 11.9 Å². The van der Waals surface area contributed by atoms with Crippen molar-refractivity contribution in [2.24, 2.45) is 5.73 Å². The molecule has 0 fully saturated rings. The van der Waals surface area contributed by atoms with E-state index in [1.165, 1.54) is 6.33 Å². The molecule has 134 valence electrons. The number of benzene rings is 1. The molecule has 0 bridgehead atoms. The van der Waals surface area contributed by atoms with Crippen LogP contribution in [0, 0.1) is 0 Å². The molecule has 10 heteroatoms. The molecule has 0 saturated carbocycles. The number of hydrogen-bond acceptors (Lipinski definition) is 7. The van der Waals surface area contributed by atoms with E-state index >= 15 is 0 Å². The summed E-state index contributed by atoms with van der Waals surface area (Å²) in [5.41, 5.74) is 8.04. The standard InChI is InChI=1S/C14H14N4O2.CH4O3S/c15-7-9-6-14(17-8-16-9)20-12-3-1-2-11-10(12)4-5-13(19)18-11;1-5(2,3)4/h1-3,6,8H,4-5,7,15H2,(H,18,19);1H3,(H,2,3,4). The van der Waals surface area contributed by atoms with E-state index in [0.717, 1.165) is 11.3 Å². The molecule has 0 spiro atoms. The lowest BCUT2D eigenvalue weighted by Crippen LogP contribution is -2.19. The van der Waals surface area contributed by atoms with Crippen molar-refractivity contribution in [2.45, 2.75) is 19.4 Å². The molecule has 0 unspecified atom stereocenters. The summed E-state index contributed by atoms with van der Waals surface area (Å²) in [4.78, 5) is 19.5. The predicted octanol–water partition coefficient (Wildman–Crippen LogP) is 1.12. The summed E-state index contributed by atoms with van der Waals surface area (Å²) < 4.78 is 31.7. The highest BCUT2D eigenvalue weighted by molar-refractivity contribution is 7.85. The number of rotatable bonds is 3. The number of nitrogens with two attached hydrogens (primary N) is 1. The first-order valence-corrected chi connectivity index (χ1v) is 9.14. The number of fused-ring (bicyclic) bond motifs is 1. The molecular weight excluding hydrogens is 348 g/mol. The average molecular weight is 366 g/mol. The van der Waals surface area contributed by atoms with Gasteiger partial charge in [0.15, 0.2) is 0 Å². The normalized spacial score (nSPS) is 13.2. The molecule has 4 N–H and O–H groups in total. The van der Waals surface area contributed by atoms with E-state index < -0.39 is 10.1 Å². The summed E-state index contributed by atoms with van der Waals surface area (Å²) in [6.45, 7) is 0.335. The Morgan fingerprint density at radius 1 is 1.32 bits per heavy atom. The van der Waals surface area contributed by atoms with Crippen LogP contribution >= 0.6 is 0 Å². The Balaban J connectivity index is 0.000000399. The SMILES string of the molecule is CS(=O)(=O)O.NCc1cc(Oc2cccc3c2CCC(=O)N3)ncn1. The summed E-state index contributed by atoms with van der Waals surface area (Å²) in [5.74, 6) is 1.18. The van der Waals surface area contributed by atoms with Crippen LogP contribution in [0.3, 0.4) is 0 Å². The van der Waals surface area contributed by atoms with E-state index in [4.69, 9.17) is 15.0 Å². The monoisotopic (exact) mass is 366 g/mol. The summed E-state index contributed by atoms with van der Waals surface area (Å²) >= 11 is 0. The number of carbonyl (C=O) groups is 1. The van der Waals surface area contributed by atoms with Crippen molar-refractivity contribution in [3.63, 3.8) is 0 Å². The van der Waals surface area contributed by atoms with Gasteiger partial charge in [0.1, 0.15) is 12.1 Å². The fourth-order valence-electron chi connectivity index (χ4n) is 2.14. The third-order valence-corrected chi connectivity index (χ3v) is 3.13. The minimum absolute atomic E-state index is 0.0297. The van der Waals surface area contributed by atoms with Crippen molar-refractivity contribution in [1.82, 2.24) is 9.97 Å². The van der Waals surface area contributed by atoms with Gasteiger partial charge in [0.2, 0.25) is 11.8 Å². The van der Waals surface area contributed by atoms with Crippen LogP contribution in [0.15, 0.2) is 30.6 Å². The third kappa shape index (κ3) is 6.10. The van der Waals surface area contributed by atoms with Crippen molar-refractivity contribution < 1.29 is 22.5 Å². The van der Waals surface area contributed by atoms with Crippen LogP contribution in [0.4, 0.5) is 5.69 Å². The van der Waals surface area contributed by atoms with E-state index in [1.807, 2.05) is 18.2 Å². The van der Waals surface area contributed by atoms with Crippen molar-refractivity contribution in [3.05, 3.63) is 41.9 Å². The van der Waals surface area contributed by atoms with E-state index in [2.05, 4.69) is 15.3 Å². The van der Waals surface area contributed by atoms with E-state index in [1.54, 1.807) is 6.07 Å². The molecule has 1 aromatic heterocycles. The molecule has 0 saturated heterocycles. The van der Waals surface area contributed by atoms with Crippen LogP contribution in [0.2, 0.25) is 0 Å². The second-order valence-corrected chi connectivity index (χ2v) is 6.68. The minimum Gasteiger partial charge on any atom is -0.439 e. The van der Waals surface area contributed by atoms with Crippen molar-refractivity contribution in [2.75, 3.05) is 11.6 Å². The molecule has 1 aromatic carbocycles. The lowest BCUT2D eigenvalue weighted by atomic mass is 10.0. The first kappa shape index (κ1) is 18.8. The van der Waals surface area contributed by atoms with E-state index in [9.17, 15) is 13.2 Å². The number of ether oxygens (including phenoxy) is 1. The summed E-state index contributed by atoms with van der Waals surface area (Å²) in [6.07, 6.45) is 3.26. The van der Waals surface area contributed by atoms with E-state index in [0.29, 0.717) is 43.0 Å². The molecule has 1 aliphatic rings. The van der Waals surface area contributed by atoms with Gasteiger partial charge < -0.3 is 15.8 Å². The molecular formula is C15H18N4O5S. The molecule has 25 heavy (non-hydrogen) atoms.